The molecule has 3 atom stereocenters. The third-order valence-corrected chi connectivity index (χ3v) is 9.28. The molecule has 0 bridgehead atoms. The number of aromatic nitrogens is 4. The van der Waals surface area contributed by atoms with Crippen LogP contribution in [0.3, 0.4) is 0 Å². The quantitative estimate of drug-likeness (QED) is 0.118. The maximum absolute atomic E-state index is 12.7. The smallest absolute Gasteiger partial charge is 0.341 e. The lowest BCUT2D eigenvalue weighted by Gasteiger charge is -2.16. The number of carboxylic acid groups (broad SMARTS) is 1. The average Bonchev–Trinajstić information content (AvgIpc) is 3.77. The number of nitrogens with one attached hydrogen (secondary N) is 5. The number of aliphatic carboxylic acids is 1. The number of aromatic amines is 1. The van der Waals surface area contributed by atoms with E-state index in [0.717, 1.165) is 31.4 Å². The summed E-state index contributed by atoms with van der Waals surface area (Å²) in [4.78, 5) is 66.1. The highest BCUT2D eigenvalue weighted by Crippen LogP contribution is 2.33. The monoisotopic (exact) mass is 671 g/mol. The number of carbonyl (C=O) groups excluding carboxylic acids is 2. The molecule has 2 saturated heterocycles. The minimum absolute atomic E-state index is 0.0417. The van der Waals surface area contributed by atoms with Crippen LogP contribution in [0.25, 0.3) is 28.3 Å². The topological polar surface area (TPSA) is 213 Å². The van der Waals surface area contributed by atoms with E-state index < -0.39 is 12.6 Å². The molecule has 15 nitrogen and oxygen atoms in total. The molecule has 4 heterocycles. The molecule has 2 aliphatic rings. The average molecular weight is 672 g/mol. The molecule has 6 N–H and O–H groups in total. The standard InChI is InChI=1S/C19H22N4O5.C12H21N4O2S/c1-3-9-22-17-15(18(26)23(10-4-2)19(22)27)20-16(21-17)12-5-7-13(8-6-12)28-11-14(24)25;13-5-6-14-10(17)4-2-1-3-9-11-8(7-19-9)15-12(18)16-11/h5-8H,3-4,9-11H2,1-2H3,(H,20,21)(H,24,25);8-9,11,13H,1-7H2,(H,14,17)(H2,15,16,18)/q;-1/t;8-,9-,11-/m.0/s1. The van der Waals surface area contributed by atoms with Crippen molar-refractivity contribution in [3.63, 3.8) is 0 Å². The normalized spacial score (nSPS) is 18.2. The van der Waals surface area contributed by atoms with Gasteiger partial charge in [0.15, 0.2) is 12.3 Å². The van der Waals surface area contributed by atoms with Crippen LogP contribution >= 0.6 is 11.8 Å². The molecule has 2 fully saturated rings. The van der Waals surface area contributed by atoms with Crippen LogP contribution in [0, 0.1) is 0 Å². The molecular formula is C31H43N8O7S-. The van der Waals surface area contributed by atoms with Gasteiger partial charge < -0.3 is 36.5 Å². The molecule has 0 radical (unpaired) electrons. The first kappa shape index (κ1) is 35.5. The van der Waals surface area contributed by atoms with E-state index in [4.69, 9.17) is 15.6 Å². The summed E-state index contributed by atoms with van der Waals surface area (Å²) < 4.78 is 7.88. The number of aryl methyl sites for hydroxylation is 1. The van der Waals surface area contributed by atoms with Crippen LogP contribution in [0.5, 0.6) is 5.75 Å². The first-order valence-electron chi connectivity index (χ1n) is 15.9. The summed E-state index contributed by atoms with van der Waals surface area (Å²) in [6, 6.07) is 7.16. The van der Waals surface area contributed by atoms with Gasteiger partial charge in [-0.15, -0.1) is 6.54 Å². The largest absolute Gasteiger partial charge is 0.676 e. The molecule has 2 aliphatic heterocycles. The van der Waals surface area contributed by atoms with Gasteiger partial charge in [-0.2, -0.15) is 11.8 Å². The summed E-state index contributed by atoms with van der Waals surface area (Å²) in [6.07, 6.45) is 4.86. The van der Waals surface area contributed by atoms with Crippen molar-refractivity contribution >= 4 is 40.8 Å². The zero-order chi connectivity index (χ0) is 33.9. The van der Waals surface area contributed by atoms with E-state index in [1.54, 1.807) is 24.3 Å². The van der Waals surface area contributed by atoms with Crippen LogP contribution in [0.15, 0.2) is 33.9 Å². The van der Waals surface area contributed by atoms with E-state index in [0.29, 0.717) is 66.0 Å². The Morgan fingerprint density at radius 3 is 2.49 bits per heavy atom. The number of H-pyrrole nitrogens is 1. The third-order valence-electron chi connectivity index (χ3n) is 7.77. The van der Waals surface area contributed by atoms with Crippen molar-refractivity contribution in [1.29, 1.82) is 0 Å². The number of benzene rings is 1. The van der Waals surface area contributed by atoms with Gasteiger partial charge in [0.2, 0.25) is 5.91 Å². The van der Waals surface area contributed by atoms with Gasteiger partial charge in [0, 0.05) is 36.1 Å². The van der Waals surface area contributed by atoms with Gasteiger partial charge in [-0.05, 0) is 56.5 Å². The van der Waals surface area contributed by atoms with E-state index in [1.165, 1.54) is 9.13 Å². The fourth-order valence-electron chi connectivity index (χ4n) is 5.57. The van der Waals surface area contributed by atoms with Crippen molar-refractivity contribution in [3.8, 4) is 17.1 Å². The summed E-state index contributed by atoms with van der Waals surface area (Å²) in [7, 11) is 0. The van der Waals surface area contributed by atoms with Crippen molar-refractivity contribution in [2.45, 2.75) is 82.8 Å². The van der Waals surface area contributed by atoms with Crippen molar-refractivity contribution in [1.82, 2.24) is 35.1 Å². The van der Waals surface area contributed by atoms with Crippen LogP contribution in [0.1, 0.15) is 52.4 Å². The Bertz CT molecular complexity index is 1650. The molecule has 16 heteroatoms. The summed E-state index contributed by atoms with van der Waals surface area (Å²) in [6.45, 7) is 4.93. The fourth-order valence-corrected chi connectivity index (χ4v) is 7.11. The summed E-state index contributed by atoms with van der Waals surface area (Å²) in [5, 5.41) is 17.7. The number of ether oxygens (including phenoxy) is 1. The number of unbranched alkanes of at least 4 members (excludes halogenated alkanes) is 1. The Morgan fingerprint density at radius 1 is 1.09 bits per heavy atom. The van der Waals surface area contributed by atoms with Crippen LogP contribution in [0.2, 0.25) is 0 Å². The molecule has 47 heavy (non-hydrogen) atoms. The minimum atomic E-state index is -1.06. The Morgan fingerprint density at radius 2 is 1.81 bits per heavy atom. The first-order valence-corrected chi connectivity index (χ1v) is 17.0. The highest BCUT2D eigenvalue weighted by molar-refractivity contribution is 8.00. The number of imidazole rings is 1. The van der Waals surface area contributed by atoms with Crippen LogP contribution in [-0.2, 0) is 22.7 Å². The number of thioether (sulfide) groups is 1. The minimum Gasteiger partial charge on any atom is -0.676 e. The summed E-state index contributed by atoms with van der Waals surface area (Å²) in [5.74, 6) is 0.836. The number of urea groups is 1. The lowest BCUT2D eigenvalue weighted by Crippen LogP contribution is -2.40. The van der Waals surface area contributed by atoms with Gasteiger partial charge in [-0.25, -0.2) is 19.4 Å². The van der Waals surface area contributed by atoms with E-state index >= 15 is 0 Å². The second kappa shape index (κ2) is 17.0. The van der Waals surface area contributed by atoms with E-state index in [-0.39, 0.29) is 41.8 Å². The van der Waals surface area contributed by atoms with Crippen molar-refractivity contribution in [2.24, 2.45) is 0 Å². The lowest BCUT2D eigenvalue weighted by molar-refractivity contribution is -0.139. The molecule has 3 aromatic rings. The van der Waals surface area contributed by atoms with Crippen LogP contribution in [-0.4, -0.2) is 84.9 Å². The van der Waals surface area contributed by atoms with Gasteiger partial charge in [0.25, 0.3) is 5.56 Å². The number of carbonyl (C=O) groups is 3. The molecule has 3 amide bonds. The molecule has 1 aromatic carbocycles. The van der Waals surface area contributed by atoms with Crippen LogP contribution in [0.4, 0.5) is 4.79 Å². The first-order chi connectivity index (χ1) is 22.7. The molecular weight excluding hydrogens is 628 g/mol. The van der Waals surface area contributed by atoms with Crippen molar-refractivity contribution < 1.29 is 24.2 Å². The van der Waals surface area contributed by atoms with E-state index in [9.17, 15) is 24.0 Å². The van der Waals surface area contributed by atoms with Gasteiger partial charge in [0.1, 0.15) is 17.1 Å². The van der Waals surface area contributed by atoms with Crippen molar-refractivity contribution in [2.75, 3.05) is 25.4 Å². The Hall–Kier alpha value is -4.31. The van der Waals surface area contributed by atoms with Gasteiger partial charge in [-0.1, -0.05) is 20.3 Å². The molecule has 0 unspecified atom stereocenters. The van der Waals surface area contributed by atoms with Crippen molar-refractivity contribution in [3.05, 3.63) is 50.8 Å². The van der Waals surface area contributed by atoms with E-state index in [2.05, 4.69) is 25.9 Å². The van der Waals surface area contributed by atoms with E-state index in [1.807, 2.05) is 25.6 Å². The zero-order valence-corrected chi connectivity index (χ0v) is 27.5. The second-order valence-corrected chi connectivity index (χ2v) is 12.6. The number of amides is 3. The maximum atomic E-state index is 12.7. The Labute approximate surface area is 276 Å². The Kier molecular flexibility index (Phi) is 12.9. The van der Waals surface area contributed by atoms with Crippen LogP contribution < -0.4 is 31.9 Å². The lowest BCUT2D eigenvalue weighted by atomic mass is 10.0. The predicted octanol–water partition coefficient (Wildman–Crippen LogP) is 2.72. The highest BCUT2D eigenvalue weighted by atomic mass is 32.2. The Balaban J connectivity index is 0.000000229. The zero-order valence-electron chi connectivity index (χ0n) is 26.7. The molecule has 5 rings (SSSR count). The second-order valence-electron chi connectivity index (χ2n) is 11.3. The van der Waals surface area contributed by atoms with Gasteiger partial charge in [-0.3, -0.25) is 18.7 Å². The third kappa shape index (κ3) is 9.16. The fraction of sp³-hybridized carbons (Fsp3) is 0.548. The number of rotatable bonds is 15. The molecule has 256 valence electrons. The number of hydrogen-bond donors (Lipinski definition) is 5. The predicted molar refractivity (Wildman–Crippen MR) is 180 cm³/mol. The molecule has 0 aliphatic carbocycles. The SMILES string of the molecule is CCCn1c(=O)c2[nH]c(-c3ccc(OCC(=O)O)cc3)nc2n(CCC)c1=O.[NH-]CCNC(=O)CCCC[C@@H]1SC[C@@H]2NC(=O)N[C@@H]21. The number of nitrogens with zero attached hydrogens (tertiary/aromatic N) is 3. The number of fused-ring (bicyclic) bond motifs is 2. The summed E-state index contributed by atoms with van der Waals surface area (Å²) in [5.41, 5.74) is 7.54. The number of carboxylic acids is 1. The van der Waals surface area contributed by atoms with Gasteiger partial charge in [0.05, 0.1) is 12.1 Å². The van der Waals surface area contributed by atoms with Gasteiger partial charge >= 0.3 is 17.7 Å². The number of hydrogen-bond acceptors (Lipinski definition) is 8. The summed E-state index contributed by atoms with van der Waals surface area (Å²) >= 11 is 1.91. The molecule has 0 spiro atoms. The molecule has 0 saturated carbocycles. The highest BCUT2D eigenvalue weighted by Gasteiger charge is 2.42. The molecule has 2 aromatic heterocycles. The maximum Gasteiger partial charge on any atom is 0.341 e.